The molecule has 3 heterocycles. The van der Waals surface area contributed by atoms with E-state index in [4.69, 9.17) is 5.11 Å². The second-order valence-electron chi connectivity index (χ2n) is 7.44. The third-order valence-corrected chi connectivity index (χ3v) is 6.49. The van der Waals surface area contributed by atoms with E-state index in [1.54, 1.807) is 12.1 Å². The van der Waals surface area contributed by atoms with Gasteiger partial charge in [-0.2, -0.15) is 0 Å². The zero-order chi connectivity index (χ0) is 20.8. The predicted molar refractivity (Wildman–Crippen MR) is 113 cm³/mol. The predicted octanol–water partition coefficient (Wildman–Crippen LogP) is 4.81. The zero-order valence-corrected chi connectivity index (χ0v) is 16.8. The summed E-state index contributed by atoms with van der Waals surface area (Å²) in [6, 6.07) is 6.52. The molecule has 0 aliphatic carbocycles. The molecule has 9 heteroatoms. The minimum Gasteiger partial charge on any atom is -0.478 e. The van der Waals surface area contributed by atoms with E-state index in [0.717, 1.165) is 55.6 Å². The van der Waals surface area contributed by atoms with Crippen molar-refractivity contribution in [2.45, 2.75) is 25.7 Å². The first-order chi connectivity index (χ1) is 14.5. The van der Waals surface area contributed by atoms with Gasteiger partial charge in [-0.25, -0.2) is 14.6 Å². The van der Waals surface area contributed by atoms with Crippen molar-refractivity contribution in [3.05, 3.63) is 46.5 Å². The van der Waals surface area contributed by atoms with Gasteiger partial charge in [-0.1, -0.05) is 11.3 Å². The minimum absolute atomic E-state index is 0.182. The molecule has 1 aromatic heterocycles. The average molecular weight is 422 g/mol. The van der Waals surface area contributed by atoms with Crippen molar-refractivity contribution in [1.82, 2.24) is 4.98 Å². The van der Waals surface area contributed by atoms with Crippen LogP contribution in [0.2, 0.25) is 0 Å². The molecule has 2 aromatic carbocycles. The third-order valence-electron chi connectivity index (χ3n) is 5.59. The summed E-state index contributed by atoms with van der Waals surface area (Å²) in [6.07, 6.45) is 3.60. The number of aromatic carboxylic acids is 2. The summed E-state index contributed by atoms with van der Waals surface area (Å²) >= 11 is 1.22. The fourth-order valence-corrected chi connectivity index (χ4v) is 5.17. The molecule has 0 saturated carbocycles. The summed E-state index contributed by atoms with van der Waals surface area (Å²) in [5.41, 5.74) is 4.45. The second-order valence-corrected chi connectivity index (χ2v) is 8.45. The van der Waals surface area contributed by atoms with E-state index >= 15 is 0 Å². The third kappa shape index (κ3) is 3.11. The van der Waals surface area contributed by atoms with Gasteiger partial charge >= 0.3 is 11.9 Å². The van der Waals surface area contributed by atoms with Crippen LogP contribution in [0.5, 0.6) is 0 Å². The summed E-state index contributed by atoms with van der Waals surface area (Å²) in [7, 11) is 0. The molecule has 2 aliphatic rings. The lowest BCUT2D eigenvalue weighted by atomic mass is 9.87. The molecule has 0 spiro atoms. The standard InChI is InChI=1S/C21H18N4O4S/c26-19(27)12-5-6-14-16(10-12)30-21(22-14)24-23-15-9-11-3-1-7-25-8-2-4-13(18(11)25)17(15)20(28)29/h5-6,9-10H,1-4,7-8H2,(H,26,27)(H,28,29). The summed E-state index contributed by atoms with van der Waals surface area (Å²) in [6.45, 7) is 1.92. The first kappa shape index (κ1) is 18.7. The number of nitrogens with zero attached hydrogens (tertiary/aromatic N) is 4. The van der Waals surface area contributed by atoms with Gasteiger partial charge in [-0.3, -0.25) is 0 Å². The number of aryl methyl sites for hydroxylation is 1. The molecular weight excluding hydrogens is 404 g/mol. The van der Waals surface area contributed by atoms with Crippen LogP contribution in [0.4, 0.5) is 16.5 Å². The van der Waals surface area contributed by atoms with Crippen LogP contribution in [0.1, 0.15) is 44.7 Å². The van der Waals surface area contributed by atoms with Gasteiger partial charge < -0.3 is 15.1 Å². The number of fused-ring (bicyclic) bond motifs is 1. The maximum Gasteiger partial charge on any atom is 0.338 e. The van der Waals surface area contributed by atoms with E-state index in [0.29, 0.717) is 21.0 Å². The monoisotopic (exact) mass is 422 g/mol. The van der Waals surface area contributed by atoms with Gasteiger partial charge in [0.1, 0.15) is 5.69 Å². The number of hydrogen-bond acceptors (Lipinski definition) is 7. The van der Waals surface area contributed by atoms with Crippen LogP contribution in [0.3, 0.4) is 0 Å². The molecule has 152 valence electrons. The lowest BCUT2D eigenvalue weighted by Crippen LogP contribution is -2.35. The molecule has 5 rings (SSSR count). The average Bonchev–Trinajstić information content (AvgIpc) is 3.14. The van der Waals surface area contributed by atoms with Gasteiger partial charge in [0.2, 0.25) is 5.13 Å². The number of hydrogen-bond donors (Lipinski definition) is 2. The van der Waals surface area contributed by atoms with Gasteiger partial charge in [0.05, 0.1) is 21.3 Å². The lowest BCUT2D eigenvalue weighted by molar-refractivity contribution is 0.0686. The van der Waals surface area contributed by atoms with Crippen LogP contribution in [0.15, 0.2) is 34.5 Å². The van der Waals surface area contributed by atoms with Gasteiger partial charge in [0.25, 0.3) is 0 Å². The number of carboxylic acid groups (broad SMARTS) is 2. The molecule has 8 nitrogen and oxygen atoms in total. The lowest BCUT2D eigenvalue weighted by Gasteiger charge is -2.37. The van der Waals surface area contributed by atoms with Crippen LogP contribution in [0.25, 0.3) is 10.2 Å². The Hall–Kier alpha value is -3.33. The normalized spacial score (nSPS) is 15.5. The molecule has 3 aromatic rings. The van der Waals surface area contributed by atoms with Crippen LogP contribution in [0, 0.1) is 0 Å². The van der Waals surface area contributed by atoms with Crippen molar-refractivity contribution in [3.8, 4) is 0 Å². The van der Waals surface area contributed by atoms with Crippen LogP contribution < -0.4 is 4.90 Å². The van der Waals surface area contributed by atoms with Crippen LogP contribution >= 0.6 is 11.3 Å². The van der Waals surface area contributed by atoms with E-state index in [1.807, 2.05) is 6.07 Å². The summed E-state index contributed by atoms with van der Waals surface area (Å²) < 4.78 is 0.693. The molecule has 0 amide bonds. The van der Waals surface area contributed by atoms with Crippen LogP contribution in [-0.2, 0) is 12.8 Å². The molecule has 0 atom stereocenters. The van der Waals surface area contributed by atoms with Crippen molar-refractivity contribution in [1.29, 1.82) is 0 Å². The highest BCUT2D eigenvalue weighted by Crippen LogP contribution is 2.42. The number of aromatic nitrogens is 1. The number of rotatable bonds is 4. The Labute approximate surface area is 175 Å². The summed E-state index contributed by atoms with van der Waals surface area (Å²) in [5, 5.41) is 27.9. The van der Waals surface area contributed by atoms with Crippen molar-refractivity contribution in [2.75, 3.05) is 18.0 Å². The Morgan fingerprint density at radius 2 is 1.83 bits per heavy atom. The molecule has 2 aliphatic heterocycles. The molecular formula is C21H18N4O4S. The number of benzene rings is 2. The quantitative estimate of drug-likeness (QED) is 0.583. The highest BCUT2D eigenvalue weighted by Gasteiger charge is 2.30. The van der Waals surface area contributed by atoms with Gasteiger partial charge in [0.15, 0.2) is 0 Å². The number of carbonyl (C=O) groups is 2. The van der Waals surface area contributed by atoms with Gasteiger partial charge in [-0.05, 0) is 61.1 Å². The fraction of sp³-hybridized carbons (Fsp3) is 0.286. The molecule has 0 fully saturated rings. The smallest absolute Gasteiger partial charge is 0.338 e. The van der Waals surface area contributed by atoms with Crippen molar-refractivity contribution >= 4 is 50.0 Å². The van der Waals surface area contributed by atoms with Gasteiger partial charge in [0, 0.05) is 18.8 Å². The Bertz CT molecular complexity index is 1230. The Morgan fingerprint density at radius 3 is 2.60 bits per heavy atom. The minimum atomic E-state index is -1.00. The SMILES string of the molecule is O=C(O)c1ccc2nc(N=Nc3cc4c5c(c3C(=O)O)CCCN5CCC4)sc2c1. The van der Waals surface area contributed by atoms with Crippen LogP contribution in [-0.4, -0.2) is 40.2 Å². The summed E-state index contributed by atoms with van der Waals surface area (Å²) in [4.78, 5) is 29.9. The zero-order valence-electron chi connectivity index (χ0n) is 16.0. The highest BCUT2D eigenvalue weighted by molar-refractivity contribution is 7.21. The van der Waals surface area contributed by atoms with E-state index in [-0.39, 0.29) is 11.1 Å². The van der Waals surface area contributed by atoms with Gasteiger partial charge in [-0.15, -0.1) is 10.2 Å². The first-order valence-corrected chi connectivity index (χ1v) is 10.6. The maximum absolute atomic E-state index is 12.1. The van der Waals surface area contributed by atoms with Crippen molar-refractivity contribution in [2.24, 2.45) is 10.2 Å². The number of azo groups is 1. The van der Waals surface area contributed by atoms with Crippen molar-refractivity contribution < 1.29 is 19.8 Å². The fourth-order valence-electron chi connectivity index (χ4n) is 4.35. The van der Waals surface area contributed by atoms with Crippen molar-refractivity contribution in [3.63, 3.8) is 0 Å². The van der Waals surface area contributed by atoms with E-state index < -0.39 is 11.9 Å². The Balaban J connectivity index is 1.57. The van der Waals surface area contributed by atoms with E-state index in [1.165, 1.54) is 17.4 Å². The Kier molecular flexibility index (Phi) is 4.47. The Morgan fingerprint density at radius 1 is 1.03 bits per heavy atom. The molecule has 0 bridgehead atoms. The number of thiazole rings is 1. The van der Waals surface area contributed by atoms with E-state index in [9.17, 15) is 14.7 Å². The topological polar surface area (TPSA) is 115 Å². The van der Waals surface area contributed by atoms with E-state index in [2.05, 4.69) is 20.1 Å². The molecule has 2 N–H and O–H groups in total. The summed E-state index contributed by atoms with van der Waals surface area (Å²) in [5.74, 6) is -2.00. The number of carboxylic acids is 2. The highest BCUT2D eigenvalue weighted by atomic mass is 32.1. The first-order valence-electron chi connectivity index (χ1n) is 9.74. The molecule has 30 heavy (non-hydrogen) atoms. The molecule has 0 unspecified atom stereocenters. The maximum atomic E-state index is 12.1. The second kappa shape index (κ2) is 7.17. The number of anilines is 1. The largest absolute Gasteiger partial charge is 0.478 e. The molecule has 0 radical (unpaired) electrons. The molecule has 0 saturated heterocycles.